The Morgan fingerprint density at radius 3 is 2.25 bits per heavy atom. The van der Waals surface area contributed by atoms with Crippen LogP contribution < -0.4 is 10.5 Å². The van der Waals surface area contributed by atoms with Gasteiger partial charge in [-0.1, -0.05) is 58.7 Å². The number of nitrogens with zero attached hydrogens (tertiary/aromatic N) is 1. The smallest absolute Gasteiger partial charge is 0.170 e. The Kier molecular flexibility index (Phi) is 4.71. The van der Waals surface area contributed by atoms with Crippen LogP contribution in [0.3, 0.4) is 0 Å². The van der Waals surface area contributed by atoms with E-state index in [-0.39, 0.29) is 5.84 Å². The number of amidine groups is 1. The number of hydrogen-bond donors (Lipinski definition) is 2. The first-order chi connectivity index (χ1) is 9.61. The molecule has 0 saturated heterocycles. The molecule has 0 radical (unpaired) electrons. The summed E-state index contributed by atoms with van der Waals surface area (Å²) in [6.07, 6.45) is 0. The third-order valence-electron chi connectivity index (χ3n) is 2.66. The zero-order valence-electron chi connectivity index (χ0n) is 10.4. The number of ether oxygens (including phenoxy) is 1. The van der Waals surface area contributed by atoms with E-state index >= 15 is 0 Å². The maximum Gasteiger partial charge on any atom is 0.170 e. The standard InChI is InChI=1S/C14H12Cl2N2O2/c15-11-2-1-3-12(16)13(11)20-8-9-4-6-10(7-5-9)14(17)18-19/h1-7,19H,8H2,(H2,17,18). The summed E-state index contributed by atoms with van der Waals surface area (Å²) < 4.78 is 5.61. The average Bonchev–Trinajstić information content (AvgIpc) is 2.46. The molecule has 0 aliphatic rings. The van der Waals surface area contributed by atoms with E-state index in [2.05, 4.69) is 5.16 Å². The Labute approximate surface area is 126 Å². The summed E-state index contributed by atoms with van der Waals surface area (Å²) in [4.78, 5) is 0. The van der Waals surface area contributed by atoms with Gasteiger partial charge in [0, 0.05) is 5.56 Å². The molecule has 0 aliphatic carbocycles. The van der Waals surface area contributed by atoms with Crippen molar-refractivity contribution in [2.24, 2.45) is 10.9 Å². The van der Waals surface area contributed by atoms with Gasteiger partial charge < -0.3 is 15.7 Å². The van der Waals surface area contributed by atoms with Crippen molar-refractivity contribution in [3.8, 4) is 5.75 Å². The van der Waals surface area contributed by atoms with Crippen LogP contribution in [-0.4, -0.2) is 11.0 Å². The number of para-hydroxylation sites is 1. The second-order valence-electron chi connectivity index (χ2n) is 4.02. The van der Waals surface area contributed by atoms with E-state index in [0.717, 1.165) is 5.56 Å². The van der Waals surface area contributed by atoms with Gasteiger partial charge in [0.2, 0.25) is 0 Å². The zero-order chi connectivity index (χ0) is 14.5. The highest BCUT2D eigenvalue weighted by molar-refractivity contribution is 6.37. The van der Waals surface area contributed by atoms with Crippen molar-refractivity contribution >= 4 is 29.0 Å². The molecule has 2 aromatic rings. The van der Waals surface area contributed by atoms with Crippen molar-refractivity contribution in [2.45, 2.75) is 6.61 Å². The molecular formula is C14H12Cl2N2O2. The Morgan fingerprint density at radius 1 is 1.10 bits per heavy atom. The molecule has 20 heavy (non-hydrogen) atoms. The minimum absolute atomic E-state index is 0.0617. The normalized spacial score (nSPS) is 11.4. The lowest BCUT2D eigenvalue weighted by molar-refractivity contribution is 0.306. The van der Waals surface area contributed by atoms with Crippen LogP contribution in [-0.2, 0) is 6.61 Å². The van der Waals surface area contributed by atoms with Gasteiger partial charge in [-0.05, 0) is 17.7 Å². The first-order valence-electron chi connectivity index (χ1n) is 5.75. The number of nitrogens with two attached hydrogens (primary N) is 1. The average molecular weight is 311 g/mol. The van der Waals surface area contributed by atoms with Crippen molar-refractivity contribution < 1.29 is 9.94 Å². The van der Waals surface area contributed by atoms with E-state index in [4.69, 9.17) is 38.9 Å². The van der Waals surface area contributed by atoms with Crippen LogP contribution in [0.25, 0.3) is 0 Å². The molecular weight excluding hydrogens is 299 g/mol. The van der Waals surface area contributed by atoms with Crippen LogP contribution in [0.1, 0.15) is 11.1 Å². The summed E-state index contributed by atoms with van der Waals surface area (Å²) in [5.74, 6) is 0.517. The summed E-state index contributed by atoms with van der Waals surface area (Å²) in [7, 11) is 0. The lowest BCUT2D eigenvalue weighted by atomic mass is 10.1. The number of benzene rings is 2. The summed E-state index contributed by atoms with van der Waals surface area (Å²) in [5, 5.41) is 12.4. The molecule has 4 nitrogen and oxygen atoms in total. The Morgan fingerprint density at radius 2 is 1.70 bits per heavy atom. The van der Waals surface area contributed by atoms with E-state index in [0.29, 0.717) is 28.0 Å². The second-order valence-corrected chi connectivity index (χ2v) is 4.84. The summed E-state index contributed by atoms with van der Waals surface area (Å²) in [5.41, 5.74) is 7.03. The van der Waals surface area contributed by atoms with E-state index in [1.54, 1.807) is 30.3 Å². The molecule has 6 heteroatoms. The number of halogens is 2. The highest BCUT2D eigenvalue weighted by atomic mass is 35.5. The lowest BCUT2D eigenvalue weighted by Gasteiger charge is -2.10. The van der Waals surface area contributed by atoms with E-state index in [1.165, 1.54) is 0 Å². The van der Waals surface area contributed by atoms with Gasteiger partial charge in [0.1, 0.15) is 6.61 Å². The van der Waals surface area contributed by atoms with E-state index in [9.17, 15) is 0 Å². The maximum absolute atomic E-state index is 8.58. The fraction of sp³-hybridized carbons (Fsp3) is 0.0714. The molecule has 0 saturated carbocycles. The highest BCUT2D eigenvalue weighted by Gasteiger charge is 2.07. The predicted molar refractivity (Wildman–Crippen MR) is 79.7 cm³/mol. The fourth-order valence-corrected chi connectivity index (χ4v) is 2.11. The first kappa shape index (κ1) is 14.5. The molecule has 2 aromatic carbocycles. The highest BCUT2D eigenvalue weighted by Crippen LogP contribution is 2.32. The van der Waals surface area contributed by atoms with Crippen LogP contribution in [0.5, 0.6) is 5.75 Å². The molecule has 0 amide bonds. The topological polar surface area (TPSA) is 67.8 Å². The van der Waals surface area contributed by atoms with Gasteiger partial charge >= 0.3 is 0 Å². The molecule has 104 valence electrons. The quantitative estimate of drug-likeness (QED) is 0.392. The van der Waals surface area contributed by atoms with Crippen molar-refractivity contribution in [1.82, 2.24) is 0 Å². The van der Waals surface area contributed by atoms with Gasteiger partial charge in [-0.2, -0.15) is 0 Å². The Balaban J connectivity index is 2.08. The van der Waals surface area contributed by atoms with Crippen LogP contribution in [0.4, 0.5) is 0 Å². The third-order valence-corrected chi connectivity index (χ3v) is 3.25. The van der Waals surface area contributed by atoms with E-state index < -0.39 is 0 Å². The summed E-state index contributed by atoms with van der Waals surface area (Å²) >= 11 is 12.0. The van der Waals surface area contributed by atoms with Crippen molar-refractivity contribution in [3.63, 3.8) is 0 Å². The molecule has 0 aromatic heterocycles. The van der Waals surface area contributed by atoms with Crippen LogP contribution in [0.15, 0.2) is 47.6 Å². The second kappa shape index (κ2) is 6.50. The molecule has 3 N–H and O–H groups in total. The van der Waals surface area contributed by atoms with Crippen molar-refractivity contribution in [2.75, 3.05) is 0 Å². The van der Waals surface area contributed by atoms with Crippen LogP contribution >= 0.6 is 23.2 Å². The molecule has 0 aliphatic heterocycles. The van der Waals surface area contributed by atoms with Gasteiger partial charge in [-0.3, -0.25) is 0 Å². The SMILES string of the molecule is N/C(=N\O)c1ccc(COc2c(Cl)cccc2Cl)cc1. The Hall–Kier alpha value is -1.91. The minimum atomic E-state index is 0.0617. The van der Waals surface area contributed by atoms with Crippen molar-refractivity contribution in [1.29, 1.82) is 0 Å². The van der Waals surface area contributed by atoms with Gasteiger partial charge in [0.05, 0.1) is 10.0 Å². The lowest BCUT2D eigenvalue weighted by Crippen LogP contribution is -2.12. The van der Waals surface area contributed by atoms with Crippen LogP contribution in [0.2, 0.25) is 10.0 Å². The van der Waals surface area contributed by atoms with Crippen LogP contribution in [0, 0.1) is 0 Å². The van der Waals surface area contributed by atoms with Gasteiger partial charge in [0.15, 0.2) is 11.6 Å². The molecule has 0 atom stereocenters. The Bertz CT molecular complexity index is 607. The zero-order valence-corrected chi connectivity index (χ0v) is 11.9. The summed E-state index contributed by atoms with van der Waals surface area (Å²) in [6.45, 7) is 0.319. The fourth-order valence-electron chi connectivity index (χ4n) is 1.61. The molecule has 0 bridgehead atoms. The summed E-state index contributed by atoms with van der Waals surface area (Å²) in [6, 6.07) is 12.3. The maximum atomic E-state index is 8.58. The van der Waals surface area contributed by atoms with Crippen molar-refractivity contribution in [3.05, 3.63) is 63.6 Å². The third kappa shape index (κ3) is 3.35. The minimum Gasteiger partial charge on any atom is -0.486 e. The molecule has 2 rings (SSSR count). The molecule has 0 heterocycles. The number of rotatable bonds is 4. The molecule has 0 spiro atoms. The van der Waals surface area contributed by atoms with Gasteiger partial charge in [0.25, 0.3) is 0 Å². The van der Waals surface area contributed by atoms with Gasteiger partial charge in [-0.15, -0.1) is 0 Å². The monoisotopic (exact) mass is 310 g/mol. The number of hydrogen-bond acceptors (Lipinski definition) is 3. The van der Waals surface area contributed by atoms with E-state index in [1.807, 2.05) is 12.1 Å². The predicted octanol–water partition coefficient (Wildman–Crippen LogP) is 3.67. The van der Waals surface area contributed by atoms with Gasteiger partial charge in [-0.25, -0.2) is 0 Å². The molecule has 0 unspecified atom stereocenters. The largest absolute Gasteiger partial charge is 0.486 e. The first-order valence-corrected chi connectivity index (χ1v) is 6.51. The number of oxime groups is 1. The molecule has 0 fully saturated rings.